The fourth-order valence-corrected chi connectivity index (χ4v) is 4.70. The van der Waals surface area contributed by atoms with Crippen LogP contribution in [0.2, 0.25) is 0 Å². The minimum atomic E-state index is -2.83. The quantitative estimate of drug-likeness (QED) is 0.518. The lowest BCUT2D eigenvalue weighted by Crippen LogP contribution is -2.60. The number of aromatic nitrogens is 4. The van der Waals surface area contributed by atoms with Crippen LogP contribution in [0.3, 0.4) is 0 Å². The van der Waals surface area contributed by atoms with Crippen LogP contribution in [-0.4, -0.2) is 77.2 Å². The van der Waals surface area contributed by atoms with Gasteiger partial charge in [-0.05, 0) is 39.8 Å². The molecule has 0 spiro atoms. The summed E-state index contributed by atoms with van der Waals surface area (Å²) in [6, 6.07) is 7.10. The van der Waals surface area contributed by atoms with E-state index in [0.717, 1.165) is 0 Å². The number of imidazole rings is 1. The Morgan fingerprint density at radius 1 is 1.03 bits per heavy atom. The van der Waals surface area contributed by atoms with Crippen molar-refractivity contribution in [2.24, 2.45) is 0 Å². The largest absolute Gasteiger partial charge is 0.494 e. The summed E-state index contributed by atoms with van der Waals surface area (Å²) in [5.74, 6) is 1.42. The molecule has 194 valence electrons. The van der Waals surface area contributed by atoms with Gasteiger partial charge in [0, 0.05) is 25.7 Å². The van der Waals surface area contributed by atoms with Gasteiger partial charge in [0.05, 0.1) is 43.6 Å². The molecule has 2 fully saturated rings. The molecule has 36 heavy (non-hydrogen) atoms. The third-order valence-corrected chi connectivity index (χ3v) is 6.67. The molecule has 1 aromatic carbocycles. The molecule has 5 rings (SSSR count). The summed E-state index contributed by atoms with van der Waals surface area (Å²) in [5, 5.41) is 0. The molecular formula is C25H32F2N6O3. The molecule has 0 N–H and O–H groups in total. The fourth-order valence-electron chi connectivity index (χ4n) is 4.70. The van der Waals surface area contributed by atoms with Crippen molar-refractivity contribution in [2.75, 3.05) is 56.4 Å². The summed E-state index contributed by atoms with van der Waals surface area (Å²) in [7, 11) is 1.49. The van der Waals surface area contributed by atoms with Crippen molar-refractivity contribution in [3.05, 3.63) is 30.1 Å². The van der Waals surface area contributed by atoms with Gasteiger partial charge >= 0.3 is 0 Å². The molecule has 11 heteroatoms. The summed E-state index contributed by atoms with van der Waals surface area (Å²) >= 11 is 0. The van der Waals surface area contributed by atoms with Crippen LogP contribution < -0.4 is 14.5 Å². The summed E-state index contributed by atoms with van der Waals surface area (Å²) < 4.78 is 46.9. The van der Waals surface area contributed by atoms with Gasteiger partial charge in [0.25, 0.3) is 6.43 Å². The Hall–Kier alpha value is -3.05. The lowest BCUT2D eigenvalue weighted by atomic mass is 9.96. The first-order valence-electron chi connectivity index (χ1n) is 12.1. The second kappa shape index (κ2) is 9.11. The van der Waals surface area contributed by atoms with Gasteiger partial charge in [-0.15, -0.1) is 0 Å². The van der Waals surface area contributed by atoms with Crippen molar-refractivity contribution in [1.82, 2.24) is 19.5 Å². The maximum absolute atomic E-state index is 14.3. The average molecular weight is 503 g/mol. The number of para-hydroxylation sites is 1. The number of rotatable bonds is 5. The van der Waals surface area contributed by atoms with E-state index >= 15 is 0 Å². The molecule has 3 aromatic rings. The molecule has 2 aliphatic rings. The van der Waals surface area contributed by atoms with E-state index in [-0.39, 0.29) is 11.5 Å². The number of ether oxygens (including phenoxy) is 3. The summed E-state index contributed by atoms with van der Waals surface area (Å²) in [4.78, 5) is 18.1. The van der Waals surface area contributed by atoms with Crippen molar-refractivity contribution >= 4 is 22.7 Å². The second-order valence-corrected chi connectivity index (χ2v) is 10.4. The summed E-state index contributed by atoms with van der Waals surface area (Å²) in [6.07, 6.45) is -2.83. The molecule has 0 unspecified atom stereocenters. The van der Waals surface area contributed by atoms with Crippen LogP contribution in [0.15, 0.2) is 24.3 Å². The molecule has 0 radical (unpaired) electrons. The number of nitrogens with zero attached hydrogens (tertiary/aromatic N) is 6. The number of halogens is 2. The van der Waals surface area contributed by atoms with Crippen LogP contribution in [0.1, 0.15) is 39.9 Å². The third-order valence-electron chi connectivity index (χ3n) is 6.67. The third kappa shape index (κ3) is 4.45. The predicted molar refractivity (Wildman–Crippen MR) is 133 cm³/mol. The van der Waals surface area contributed by atoms with Gasteiger partial charge in [0.1, 0.15) is 22.9 Å². The molecule has 4 heterocycles. The van der Waals surface area contributed by atoms with Crippen LogP contribution in [0.4, 0.5) is 20.4 Å². The highest BCUT2D eigenvalue weighted by Crippen LogP contribution is 2.36. The Labute approximate surface area is 209 Å². The lowest BCUT2D eigenvalue weighted by Gasteiger charge is -2.49. The molecule has 0 saturated carbocycles. The molecule has 0 bridgehead atoms. The van der Waals surface area contributed by atoms with Crippen molar-refractivity contribution in [3.8, 4) is 11.7 Å². The Morgan fingerprint density at radius 3 is 2.44 bits per heavy atom. The predicted octanol–water partition coefficient (Wildman–Crippen LogP) is 3.99. The van der Waals surface area contributed by atoms with Crippen molar-refractivity contribution in [3.63, 3.8) is 0 Å². The minimum Gasteiger partial charge on any atom is -0.494 e. The van der Waals surface area contributed by atoms with Gasteiger partial charge < -0.3 is 24.0 Å². The zero-order chi connectivity index (χ0) is 25.7. The van der Waals surface area contributed by atoms with E-state index < -0.39 is 17.9 Å². The molecule has 2 saturated heterocycles. The standard InChI is InChI=1S/C25H32F2N6O3/c1-24(2)15-36-25(3,4)14-32(24)19-13-18(31-9-11-35-12-10-31)28-23(29-19)33-16-7-6-8-17(34-5)20(16)30-22(33)21(26)27/h6-8,13,21H,9-12,14-15H2,1-5H3. The van der Waals surface area contributed by atoms with Gasteiger partial charge in [-0.2, -0.15) is 9.97 Å². The van der Waals surface area contributed by atoms with Crippen molar-refractivity contribution in [1.29, 1.82) is 0 Å². The topological polar surface area (TPSA) is 77.8 Å². The van der Waals surface area contributed by atoms with Crippen molar-refractivity contribution in [2.45, 2.75) is 45.3 Å². The highest BCUT2D eigenvalue weighted by molar-refractivity contribution is 5.84. The van der Waals surface area contributed by atoms with E-state index in [1.165, 1.54) is 11.7 Å². The molecule has 0 aliphatic carbocycles. The number of benzene rings is 1. The first-order chi connectivity index (χ1) is 17.1. The molecule has 2 aromatic heterocycles. The van der Waals surface area contributed by atoms with Crippen LogP contribution in [-0.2, 0) is 9.47 Å². The number of hydrogen-bond acceptors (Lipinski definition) is 8. The number of hydrogen-bond donors (Lipinski definition) is 0. The monoisotopic (exact) mass is 502 g/mol. The van der Waals surface area contributed by atoms with Crippen LogP contribution >= 0.6 is 0 Å². The fraction of sp³-hybridized carbons (Fsp3) is 0.560. The van der Waals surface area contributed by atoms with Gasteiger partial charge in [-0.3, -0.25) is 4.57 Å². The highest BCUT2D eigenvalue weighted by Gasteiger charge is 2.40. The first kappa shape index (κ1) is 24.6. The van der Waals surface area contributed by atoms with Gasteiger partial charge in [0.15, 0.2) is 5.82 Å². The summed E-state index contributed by atoms with van der Waals surface area (Å²) in [5.41, 5.74) is 0.0272. The minimum absolute atomic E-state index is 0.139. The Bertz CT molecular complexity index is 1260. The average Bonchev–Trinajstić information content (AvgIpc) is 3.26. The number of morpholine rings is 2. The zero-order valence-corrected chi connectivity index (χ0v) is 21.3. The number of alkyl halides is 2. The van der Waals surface area contributed by atoms with Crippen LogP contribution in [0.25, 0.3) is 17.0 Å². The highest BCUT2D eigenvalue weighted by atomic mass is 19.3. The van der Waals surface area contributed by atoms with Crippen LogP contribution in [0.5, 0.6) is 5.75 Å². The van der Waals surface area contributed by atoms with E-state index in [4.69, 9.17) is 24.2 Å². The first-order valence-corrected chi connectivity index (χ1v) is 12.1. The number of fused-ring (bicyclic) bond motifs is 1. The van der Waals surface area contributed by atoms with Gasteiger partial charge in [0.2, 0.25) is 5.95 Å². The van der Waals surface area contributed by atoms with E-state index in [2.05, 4.69) is 28.6 Å². The number of anilines is 2. The summed E-state index contributed by atoms with van der Waals surface area (Å²) in [6.45, 7) is 11.7. The van der Waals surface area contributed by atoms with E-state index in [1.807, 2.05) is 19.9 Å². The van der Waals surface area contributed by atoms with Crippen LogP contribution in [0, 0.1) is 0 Å². The molecule has 0 atom stereocenters. The molecule has 2 aliphatic heterocycles. The van der Waals surface area contributed by atoms with E-state index in [9.17, 15) is 8.78 Å². The Balaban J connectivity index is 1.73. The lowest BCUT2D eigenvalue weighted by molar-refractivity contribution is -0.0629. The Kier molecular flexibility index (Phi) is 6.24. The SMILES string of the molecule is COc1cccc2c1nc(C(F)F)n2-c1nc(N2CCOCC2)cc(N2CC(C)(C)OCC2(C)C)n1. The Morgan fingerprint density at radius 2 is 1.75 bits per heavy atom. The maximum Gasteiger partial charge on any atom is 0.296 e. The van der Waals surface area contributed by atoms with Crippen molar-refractivity contribution < 1.29 is 23.0 Å². The zero-order valence-electron chi connectivity index (χ0n) is 21.3. The van der Waals surface area contributed by atoms with Gasteiger partial charge in [-0.1, -0.05) is 6.07 Å². The molecular weight excluding hydrogens is 470 g/mol. The maximum atomic E-state index is 14.3. The second-order valence-electron chi connectivity index (χ2n) is 10.4. The van der Waals surface area contributed by atoms with E-state index in [0.29, 0.717) is 67.9 Å². The molecule has 0 amide bonds. The molecule has 9 nitrogen and oxygen atoms in total. The normalized spacial score (nSPS) is 19.8. The van der Waals surface area contributed by atoms with Gasteiger partial charge in [-0.25, -0.2) is 13.8 Å². The smallest absolute Gasteiger partial charge is 0.296 e. The number of methoxy groups -OCH3 is 1. The van der Waals surface area contributed by atoms with E-state index in [1.54, 1.807) is 18.2 Å².